The van der Waals surface area contributed by atoms with E-state index in [4.69, 9.17) is 11.6 Å². The molecule has 1 heterocycles. The topological polar surface area (TPSA) is 32.3 Å². The molecule has 5 heteroatoms. The van der Waals surface area contributed by atoms with Crippen LogP contribution >= 0.6 is 11.6 Å². The minimum absolute atomic E-state index is 0.000351. The maximum atomic E-state index is 14.3. The van der Waals surface area contributed by atoms with Crippen LogP contribution in [0.25, 0.3) is 0 Å². The number of carbonyl (C=O) groups is 1. The first kappa shape index (κ1) is 15.7. The molecule has 1 aliphatic heterocycles. The first-order valence-electron chi connectivity index (χ1n) is 7.27. The fourth-order valence-corrected chi connectivity index (χ4v) is 3.21. The lowest BCUT2D eigenvalue weighted by molar-refractivity contribution is -0.117. The standard InChI is InChI=1S/C18H16ClFN2O/c1-2-11-22-16-10-6-4-8-14(16)18(19,21-12-17(22)23)13-7-3-5-9-15(13)20/h2-10,21H,1,11-12H2. The molecule has 0 saturated carbocycles. The largest absolute Gasteiger partial charge is 0.307 e. The second kappa shape index (κ2) is 6.14. The molecule has 0 bridgehead atoms. The fraction of sp³-hybridized carbons (Fsp3) is 0.167. The number of nitrogens with one attached hydrogen (secondary N) is 1. The van der Waals surface area contributed by atoms with Crippen LogP contribution in [0.3, 0.4) is 0 Å². The zero-order valence-electron chi connectivity index (χ0n) is 12.4. The number of fused-ring (bicyclic) bond motifs is 1. The molecule has 1 N–H and O–H groups in total. The Hall–Kier alpha value is -2.17. The molecule has 0 saturated heterocycles. The number of hydrogen-bond donors (Lipinski definition) is 1. The van der Waals surface area contributed by atoms with Crippen molar-refractivity contribution in [1.82, 2.24) is 5.32 Å². The number of carbonyl (C=O) groups excluding carboxylic acids is 1. The summed E-state index contributed by atoms with van der Waals surface area (Å²) in [6, 6.07) is 13.6. The van der Waals surface area contributed by atoms with Crippen LogP contribution in [0.5, 0.6) is 0 Å². The smallest absolute Gasteiger partial charge is 0.241 e. The molecule has 118 valence electrons. The van der Waals surface area contributed by atoms with E-state index >= 15 is 0 Å². The Morgan fingerprint density at radius 2 is 1.87 bits per heavy atom. The average Bonchev–Trinajstić information content (AvgIpc) is 2.67. The van der Waals surface area contributed by atoms with Crippen LogP contribution in [0, 0.1) is 5.82 Å². The van der Waals surface area contributed by atoms with Gasteiger partial charge in [0.1, 0.15) is 10.8 Å². The summed E-state index contributed by atoms with van der Waals surface area (Å²) >= 11 is 6.82. The number of benzene rings is 2. The van der Waals surface area contributed by atoms with Crippen LogP contribution in [-0.2, 0) is 9.79 Å². The van der Waals surface area contributed by atoms with E-state index in [0.717, 1.165) is 0 Å². The number of hydrogen-bond acceptors (Lipinski definition) is 2. The van der Waals surface area contributed by atoms with E-state index in [-0.39, 0.29) is 12.5 Å². The molecule has 2 aromatic carbocycles. The quantitative estimate of drug-likeness (QED) is 0.531. The van der Waals surface area contributed by atoms with Gasteiger partial charge in [-0.2, -0.15) is 0 Å². The third-order valence-electron chi connectivity index (χ3n) is 3.91. The van der Waals surface area contributed by atoms with Crippen molar-refractivity contribution >= 4 is 23.2 Å². The number of rotatable bonds is 3. The zero-order chi connectivity index (χ0) is 16.4. The lowest BCUT2D eigenvalue weighted by Crippen LogP contribution is -2.41. The predicted molar refractivity (Wildman–Crippen MR) is 90.0 cm³/mol. The molecule has 3 rings (SSSR count). The van der Waals surface area contributed by atoms with E-state index in [1.54, 1.807) is 35.2 Å². The van der Waals surface area contributed by atoms with E-state index < -0.39 is 10.8 Å². The van der Waals surface area contributed by atoms with E-state index in [9.17, 15) is 9.18 Å². The summed E-state index contributed by atoms with van der Waals surface area (Å²) in [5, 5.41) is 3.01. The lowest BCUT2D eigenvalue weighted by Gasteiger charge is -2.29. The van der Waals surface area contributed by atoms with Gasteiger partial charge < -0.3 is 4.90 Å². The SMILES string of the molecule is C=CCN1C(=O)CNC(Cl)(c2ccccc2F)c2ccccc21. The molecular formula is C18H16ClFN2O. The molecule has 0 aliphatic carbocycles. The number of amides is 1. The molecule has 0 aromatic heterocycles. The molecule has 3 nitrogen and oxygen atoms in total. The minimum Gasteiger partial charge on any atom is -0.307 e. The van der Waals surface area contributed by atoms with Gasteiger partial charge in [-0.15, -0.1) is 6.58 Å². The van der Waals surface area contributed by atoms with Crippen molar-refractivity contribution in [2.24, 2.45) is 0 Å². The number of halogens is 2. The number of para-hydroxylation sites is 1. The van der Waals surface area contributed by atoms with Crippen LogP contribution in [0.4, 0.5) is 10.1 Å². The minimum atomic E-state index is -1.31. The first-order valence-corrected chi connectivity index (χ1v) is 7.65. The molecule has 0 fully saturated rings. The van der Waals surface area contributed by atoms with Gasteiger partial charge in [-0.1, -0.05) is 54.1 Å². The Morgan fingerprint density at radius 3 is 2.57 bits per heavy atom. The molecule has 1 unspecified atom stereocenters. The van der Waals surface area contributed by atoms with Crippen molar-refractivity contribution < 1.29 is 9.18 Å². The van der Waals surface area contributed by atoms with Gasteiger partial charge in [0.15, 0.2) is 0 Å². The summed E-state index contributed by atoms with van der Waals surface area (Å²) in [4.78, 5) is 12.7. The van der Waals surface area contributed by atoms with Crippen LogP contribution in [0.2, 0.25) is 0 Å². The Balaban J connectivity index is 2.23. The van der Waals surface area contributed by atoms with Gasteiger partial charge >= 0.3 is 0 Å². The molecule has 0 spiro atoms. The monoisotopic (exact) mass is 330 g/mol. The number of alkyl halides is 1. The van der Waals surface area contributed by atoms with Gasteiger partial charge in [-0.05, 0) is 12.1 Å². The van der Waals surface area contributed by atoms with Gasteiger partial charge in [0, 0.05) is 17.7 Å². The molecule has 2 aromatic rings. The van der Waals surface area contributed by atoms with E-state index in [2.05, 4.69) is 11.9 Å². The summed E-state index contributed by atoms with van der Waals surface area (Å²) in [6.07, 6.45) is 1.65. The summed E-state index contributed by atoms with van der Waals surface area (Å²) in [5.74, 6) is -0.564. The maximum absolute atomic E-state index is 14.3. The van der Waals surface area contributed by atoms with Crippen molar-refractivity contribution in [2.45, 2.75) is 5.00 Å². The second-order valence-electron chi connectivity index (χ2n) is 5.30. The van der Waals surface area contributed by atoms with E-state index in [1.807, 2.05) is 18.2 Å². The third kappa shape index (κ3) is 2.64. The number of nitrogens with zero attached hydrogens (tertiary/aromatic N) is 1. The second-order valence-corrected chi connectivity index (χ2v) is 5.87. The summed E-state index contributed by atoms with van der Waals surface area (Å²) in [6.45, 7) is 4.06. The average molecular weight is 331 g/mol. The highest BCUT2D eigenvalue weighted by molar-refractivity contribution is 6.27. The van der Waals surface area contributed by atoms with E-state index in [1.165, 1.54) is 6.07 Å². The van der Waals surface area contributed by atoms with E-state index in [0.29, 0.717) is 23.4 Å². The normalized spacial score (nSPS) is 20.8. The highest BCUT2D eigenvalue weighted by Crippen LogP contribution is 2.41. The van der Waals surface area contributed by atoms with Crippen LogP contribution < -0.4 is 10.2 Å². The molecule has 1 atom stereocenters. The molecule has 0 radical (unpaired) electrons. The summed E-state index contributed by atoms with van der Waals surface area (Å²) < 4.78 is 14.3. The van der Waals surface area contributed by atoms with Crippen LogP contribution in [-0.4, -0.2) is 19.0 Å². The highest BCUT2D eigenvalue weighted by Gasteiger charge is 2.40. The van der Waals surface area contributed by atoms with Gasteiger partial charge in [-0.3, -0.25) is 10.1 Å². The molecule has 23 heavy (non-hydrogen) atoms. The molecule has 1 aliphatic rings. The van der Waals surface area contributed by atoms with Crippen molar-refractivity contribution in [2.75, 3.05) is 18.0 Å². The van der Waals surface area contributed by atoms with Crippen molar-refractivity contribution in [3.8, 4) is 0 Å². The van der Waals surface area contributed by atoms with Crippen LogP contribution in [0.1, 0.15) is 11.1 Å². The maximum Gasteiger partial charge on any atom is 0.241 e. The Kier molecular flexibility index (Phi) is 4.20. The summed E-state index contributed by atoms with van der Waals surface area (Å²) in [7, 11) is 0. The predicted octanol–water partition coefficient (Wildman–Crippen LogP) is 3.39. The lowest BCUT2D eigenvalue weighted by atomic mass is 9.96. The molecule has 1 amide bonds. The van der Waals surface area contributed by atoms with Gasteiger partial charge in [0.25, 0.3) is 0 Å². The van der Waals surface area contributed by atoms with Crippen LogP contribution in [0.15, 0.2) is 61.2 Å². The van der Waals surface area contributed by atoms with Crippen molar-refractivity contribution in [3.63, 3.8) is 0 Å². The van der Waals surface area contributed by atoms with Crippen molar-refractivity contribution in [1.29, 1.82) is 0 Å². The van der Waals surface area contributed by atoms with Gasteiger partial charge in [-0.25, -0.2) is 4.39 Å². The molecular weight excluding hydrogens is 315 g/mol. The zero-order valence-corrected chi connectivity index (χ0v) is 13.2. The fourth-order valence-electron chi connectivity index (χ4n) is 2.83. The third-order valence-corrected chi connectivity index (χ3v) is 4.45. The van der Waals surface area contributed by atoms with Gasteiger partial charge in [0.2, 0.25) is 5.91 Å². The van der Waals surface area contributed by atoms with Gasteiger partial charge in [0.05, 0.1) is 12.2 Å². The van der Waals surface area contributed by atoms with Crippen molar-refractivity contribution in [3.05, 3.63) is 78.1 Å². The first-order chi connectivity index (χ1) is 11.1. The Morgan fingerprint density at radius 1 is 1.22 bits per heavy atom. The highest BCUT2D eigenvalue weighted by atomic mass is 35.5. The number of anilines is 1. The Labute approximate surface area is 139 Å². The Bertz CT molecular complexity index is 764. The summed E-state index contributed by atoms with van der Waals surface area (Å²) in [5.41, 5.74) is 1.59.